The Bertz CT molecular complexity index is 364. The molecule has 0 aliphatic carbocycles. The predicted molar refractivity (Wildman–Crippen MR) is 59.1 cm³/mol. The van der Waals surface area contributed by atoms with Gasteiger partial charge in [0.25, 0.3) is 0 Å². The molecule has 1 heteroatoms. The molecule has 0 amide bonds. The zero-order chi connectivity index (χ0) is 10.8. The quantitative estimate of drug-likeness (QED) is 0.660. The summed E-state index contributed by atoms with van der Waals surface area (Å²) in [6, 6.07) is 8.26. The molecule has 0 radical (unpaired) electrons. The van der Waals surface area contributed by atoms with Gasteiger partial charge in [-0.05, 0) is 42.0 Å². The van der Waals surface area contributed by atoms with E-state index in [4.69, 9.17) is 5.26 Å². The molecule has 0 bridgehead atoms. The van der Waals surface area contributed by atoms with Gasteiger partial charge in [0.1, 0.15) is 0 Å². The molecule has 0 saturated carbocycles. The van der Waals surface area contributed by atoms with Crippen LogP contribution in [0.25, 0.3) is 0 Å². The van der Waals surface area contributed by atoms with Crippen LogP contribution in [0.5, 0.6) is 0 Å². The second kappa shape index (κ2) is 3.84. The Morgan fingerprint density at radius 2 is 1.86 bits per heavy atom. The molecule has 1 rings (SSSR count). The molecule has 1 nitrogen and oxygen atoms in total. The fourth-order valence-electron chi connectivity index (χ4n) is 1.64. The fraction of sp³-hybridized carbons (Fsp3) is 0.462. The van der Waals surface area contributed by atoms with Crippen molar-refractivity contribution in [3.05, 3.63) is 34.9 Å². The maximum atomic E-state index is 8.83. The standard InChI is InChI=1S/C13H17N/c1-10-5-11(8-13(2,3)4)7-12(6-10)9-14/h5-7H,8H2,1-4H3. The van der Waals surface area contributed by atoms with Gasteiger partial charge in [-0.3, -0.25) is 0 Å². The minimum absolute atomic E-state index is 0.278. The Morgan fingerprint density at radius 3 is 2.36 bits per heavy atom. The van der Waals surface area contributed by atoms with E-state index in [1.54, 1.807) is 0 Å². The second-order valence-electron chi connectivity index (χ2n) is 5.06. The van der Waals surface area contributed by atoms with Gasteiger partial charge in [0, 0.05) is 0 Å². The third-order valence-electron chi connectivity index (χ3n) is 2.00. The number of hydrogen-bond acceptors (Lipinski definition) is 1. The average molecular weight is 187 g/mol. The highest BCUT2D eigenvalue weighted by molar-refractivity contribution is 5.37. The summed E-state index contributed by atoms with van der Waals surface area (Å²) in [7, 11) is 0. The highest BCUT2D eigenvalue weighted by atomic mass is 14.2. The van der Waals surface area contributed by atoms with Crippen molar-refractivity contribution >= 4 is 0 Å². The molecule has 0 aromatic heterocycles. The summed E-state index contributed by atoms with van der Waals surface area (Å²) in [6.45, 7) is 8.66. The summed E-state index contributed by atoms with van der Waals surface area (Å²) in [5, 5.41) is 8.83. The van der Waals surface area contributed by atoms with Gasteiger partial charge in [0.05, 0.1) is 11.6 Å². The highest BCUT2D eigenvalue weighted by Crippen LogP contribution is 2.21. The Hall–Kier alpha value is -1.29. The van der Waals surface area contributed by atoms with E-state index in [1.807, 2.05) is 19.1 Å². The molecule has 0 atom stereocenters. The largest absolute Gasteiger partial charge is 0.192 e. The molecule has 0 fully saturated rings. The Balaban J connectivity index is 3.00. The Kier molecular flexibility index (Phi) is 2.96. The summed E-state index contributed by atoms with van der Waals surface area (Å²) >= 11 is 0. The van der Waals surface area contributed by atoms with Crippen molar-refractivity contribution in [3.63, 3.8) is 0 Å². The van der Waals surface area contributed by atoms with Gasteiger partial charge < -0.3 is 0 Å². The molecular weight excluding hydrogens is 170 g/mol. The van der Waals surface area contributed by atoms with Crippen molar-refractivity contribution in [2.75, 3.05) is 0 Å². The van der Waals surface area contributed by atoms with Crippen molar-refractivity contribution in [1.82, 2.24) is 0 Å². The third-order valence-corrected chi connectivity index (χ3v) is 2.00. The molecular formula is C13H17N. The van der Waals surface area contributed by atoms with Crippen LogP contribution < -0.4 is 0 Å². The number of nitriles is 1. The molecule has 0 N–H and O–H groups in total. The van der Waals surface area contributed by atoms with Crippen LogP contribution in [-0.2, 0) is 6.42 Å². The molecule has 74 valence electrons. The predicted octanol–water partition coefficient (Wildman–Crippen LogP) is 3.46. The van der Waals surface area contributed by atoms with Gasteiger partial charge in [-0.15, -0.1) is 0 Å². The van der Waals surface area contributed by atoms with Crippen LogP contribution in [0.3, 0.4) is 0 Å². The van der Waals surface area contributed by atoms with Crippen molar-refractivity contribution in [2.24, 2.45) is 5.41 Å². The maximum Gasteiger partial charge on any atom is 0.0991 e. The maximum absolute atomic E-state index is 8.83. The van der Waals surface area contributed by atoms with Crippen LogP contribution in [0, 0.1) is 23.7 Å². The summed E-state index contributed by atoms with van der Waals surface area (Å²) in [4.78, 5) is 0. The number of nitrogens with zero attached hydrogens (tertiary/aromatic N) is 1. The minimum atomic E-state index is 0.278. The van der Waals surface area contributed by atoms with E-state index in [2.05, 4.69) is 32.9 Å². The summed E-state index contributed by atoms with van der Waals surface area (Å²) < 4.78 is 0. The topological polar surface area (TPSA) is 23.8 Å². The van der Waals surface area contributed by atoms with E-state index in [0.29, 0.717) is 0 Å². The van der Waals surface area contributed by atoms with Gasteiger partial charge in [-0.25, -0.2) is 0 Å². The Labute approximate surface area is 86.4 Å². The van der Waals surface area contributed by atoms with Crippen LogP contribution in [0.15, 0.2) is 18.2 Å². The van der Waals surface area contributed by atoms with Crippen molar-refractivity contribution < 1.29 is 0 Å². The first kappa shape index (κ1) is 10.8. The van der Waals surface area contributed by atoms with Gasteiger partial charge >= 0.3 is 0 Å². The van der Waals surface area contributed by atoms with Gasteiger partial charge in [0.2, 0.25) is 0 Å². The molecule has 14 heavy (non-hydrogen) atoms. The zero-order valence-corrected chi connectivity index (χ0v) is 9.39. The van der Waals surface area contributed by atoms with E-state index >= 15 is 0 Å². The summed E-state index contributed by atoms with van der Waals surface area (Å²) in [5.41, 5.74) is 3.47. The van der Waals surface area contributed by atoms with Gasteiger partial charge in [0.15, 0.2) is 0 Å². The first-order valence-corrected chi connectivity index (χ1v) is 4.91. The van der Waals surface area contributed by atoms with E-state index < -0.39 is 0 Å². The van der Waals surface area contributed by atoms with Crippen molar-refractivity contribution in [1.29, 1.82) is 5.26 Å². The van der Waals surface area contributed by atoms with Crippen molar-refractivity contribution in [2.45, 2.75) is 34.1 Å². The van der Waals surface area contributed by atoms with Gasteiger partial charge in [-0.2, -0.15) is 5.26 Å². The lowest BCUT2D eigenvalue weighted by atomic mass is 9.87. The molecule has 0 spiro atoms. The number of benzene rings is 1. The lowest BCUT2D eigenvalue weighted by Crippen LogP contribution is -2.09. The van der Waals surface area contributed by atoms with Crippen LogP contribution in [0.2, 0.25) is 0 Å². The smallest absolute Gasteiger partial charge is 0.0991 e. The van der Waals surface area contributed by atoms with Crippen LogP contribution >= 0.6 is 0 Å². The van der Waals surface area contributed by atoms with Crippen LogP contribution in [0.1, 0.15) is 37.5 Å². The van der Waals surface area contributed by atoms with Crippen molar-refractivity contribution in [3.8, 4) is 6.07 Å². The lowest BCUT2D eigenvalue weighted by molar-refractivity contribution is 0.411. The monoisotopic (exact) mass is 187 g/mol. The van der Waals surface area contributed by atoms with E-state index in [1.165, 1.54) is 11.1 Å². The lowest BCUT2D eigenvalue weighted by Gasteiger charge is -2.18. The van der Waals surface area contributed by atoms with E-state index in [0.717, 1.165) is 12.0 Å². The second-order valence-corrected chi connectivity index (χ2v) is 5.06. The first-order chi connectivity index (χ1) is 6.40. The Morgan fingerprint density at radius 1 is 1.21 bits per heavy atom. The molecule has 1 aromatic rings. The third kappa shape index (κ3) is 3.22. The van der Waals surface area contributed by atoms with Gasteiger partial charge in [-0.1, -0.05) is 26.8 Å². The SMILES string of the molecule is Cc1cc(C#N)cc(CC(C)(C)C)c1. The molecule has 0 saturated heterocycles. The van der Waals surface area contributed by atoms with E-state index in [9.17, 15) is 0 Å². The highest BCUT2D eigenvalue weighted by Gasteiger charge is 2.11. The number of rotatable bonds is 1. The first-order valence-electron chi connectivity index (χ1n) is 4.91. The van der Waals surface area contributed by atoms with E-state index in [-0.39, 0.29) is 5.41 Å². The zero-order valence-electron chi connectivity index (χ0n) is 9.39. The number of hydrogen-bond donors (Lipinski definition) is 0. The van der Waals surface area contributed by atoms with Crippen LogP contribution in [0.4, 0.5) is 0 Å². The summed E-state index contributed by atoms with van der Waals surface area (Å²) in [6.07, 6.45) is 1.02. The average Bonchev–Trinajstić information content (AvgIpc) is 1.99. The minimum Gasteiger partial charge on any atom is -0.192 e. The molecule has 0 aliphatic rings. The normalized spacial score (nSPS) is 11.1. The summed E-state index contributed by atoms with van der Waals surface area (Å²) in [5.74, 6) is 0. The molecule has 0 unspecified atom stereocenters. The fourth-order valence-corrected chi connectivity index (χ4v) is 1.64. The number of aryl methyl sites for hydroxylation is 1. The molecule has 0 heterocycles. The molecule has 1 aromatic carbocycles. The molecule has 0 aliphatic heterocycles. The van der Waals surface area contributed by atoms with Crippen LogP contribution in [-0.4, -0.2) is 0 Å².